The van der Waals surface area contributed by atoms with Crippen LogP contribution in [0.3, 0.4) is 0 Å². The topological polar surface area (TPSA) is 3.24 Å². The molecule has 0 saturated carbocycles. The Morgan fingerprint density at radius 1 is 0.236 bits per heavy atom. The average molecular weight is 700 g/mol. The molecular weight excluding hydrogens is 663 g/mol. The van der Waals surface area contributed by atoms with Crippen LogP contribution in [0.2, 0.25) is 0 Å². The standard InChI is InChI=1S/C54H37N/c1-3-13-38(14-4-1)40-27-31-45(32-28-40)55(54-36-35-51(50-21-9-10-22-52(50)54)49-24-12-18-41-17-7-8-20-47(41)49)46-33-29-43(30-34-46)48-23-11-19-42-25-26-44(37-53(42)48)39-15-5-2-6-16-39/h1-37H. The highest BCUT2D eigenvalue weighted by Gasteiger charge is 2.19. The Hall–Kier alpha value is -7.22. The van der Waals surface area contributed by atoms with E-state index in [2.05, 4.69) is 229 Å². The maximum absolute atomic E-state index is 2.41. The molecule has 0 aliphatic rings. The zero-order valence-electron chi connectivity index (χ0n) is 30.3. The Balaban J connectivity index is 1.12. The number of anilines is 3. The minimum Gasteiger partial charge on any atom is -0.310 e. The summed E-state index contributed by atoms with van der Waals surface area (Å²) in [6.07, 6.45) is 0. The van der Waals surface area contributed by atoms with Gasteiger partial charge < -0.3 is 4.90 Å². The molecular formula is C54H37N. The Morgan fingerprint density at radius 3 is 1.40 bits per heavy atom. The molecule has 0 atom stereocenters. The van der Waals surface area contributed by atoms with Gasteiger partial charge in [0.1, 0.15) is 0 Å². The smallest absolute Gasteiger partial charge is 0.0540 e. The van der Waals surface area contributed by atoms with E-state index in [0.717, 1.165) is 17.1 Å². The SMILES string of the molecule is c1ccc(-c2ccc(N(c3ccc(-c4cccc5ccc(-c6ccccc6)cc45)cc3)c3ccc(-c4cccc5ccccc45)c4ccccc34)cc2)cc1. The highest BCUT2D eigenvalue weighted by atomic mass is 15.1. The van der Waals surface area contributed by atoms with Gasteiger partial charge in [-0.05, 0) is 108 Å². The lowest BCUT2D eigenvalue weighted by Crippen LogP contribution is -2.10. The van der Waals surface area contributed by atoms with Crippen molar-refractivity contribution in [1.29, 1.82) is 0 Å². The lowest BCUT2D eigenvalue weighted by atomic mass is 9.92. The maximum Gasteiger partial charge on any atom is 0.0540 e. The van der Waals surface area contributed by atoms with Crippen molar-refractivity contribution >= 4 is 49.4 Å². The first-order valence-corrected chi connectivity index (χ1v) is 18.9. The van der Waals surface area contributed by atoms with E-state index in [-0.39, 0.29) is 0 Å². The van der Waals surface area contributed by atoms with Crippen molar-refractivity contribution in [2.24, 2.45) is 0 Å². The van der Waals surface area contributed by atoms with Gasteiger partial charge in [0.25, 0.3) is 0 Å². The van der Waals surface area contributed by atoms with Crippen LogP contribution in [0.1, 0.15) is 0 Å². The van der Waals surface area contributed by atoms with E-state index in [0.29, 0.717) is 0 Å². The lowest BCUT2D eigenvalue weighted by Gasteiger charge is -2.28. The molecule has 258 valence electrons. The molecule has 1 heteroatoms. The van der Waals surface area contributed by atoms with Gasteiger partial charge in [-0.3, -0.25) is 0 Å². The van der Waals surface area contributed by atoms with E-state index >= 15 is 0 Å². The molecule has 10 rings (SSSR count). The minimum absolute atomic E-state index is 1.10. The van der Waals surface area contributed by atoms with Gasteiger partial charge in [0.05, 0.1) is 5.69 Å². The van der Waals surface area contributed by atoms with Gasteiger partial charge in [-0.1, -0.05) is 188 Å². The average Bonchev–Trinajstić information content (AvgIpc) is 3.27. The molecule has 55 heavy (non-hydrogen) atoms. The predicted molar refractivity (Wildman–Crippen MR) is 235 cm³/mol. The summed E-state index contributed by atoms with van der Waals surface area (Å²) in [5.41, 5.74) is 13.1. The fourth-order valence-electron chi connectivity index (χ4n) is 8.16. The highest BCUT2D eigenvalue weighted by Crippen LogP contribution is 2.44. The molecule has 0 aliphatic carbocycles. The van der Waals surface area contributed by atoms with Crippen molar-refractivity contribution in [3.63, 3.8) is 0 Å². The third-order valence-electron chi connectivity index (χ3n) is 10.9. The van der Waals surface area contributed by atoms with Gasteiger partial charge in [-0.15, -0.1) is 0 Å². The predicted octanol–water partition coefficient (Wildman–Crippen LogP) is 15.3. The van der Waals surface area contributed by atoms with E-state index in [1.807, 2.05) is 0 Å². The molecule has 0 radical (unpaired) electrons. The number of fused-ring (bicyclic) bond motifs is 3. The van der Waals surface area contributed by atoms with Crippen molar-refractivity contribution in [3.8, 4) is 44.5 Å². The fourth-order valence-corrected chi connectivity index (χ4v) is 8.16. The molecule has 1 nitrogen and oxygen atoms in total. The van der Waals surface area contributed by atoms with Crippen molar-refractivity contribution in [1.82, 2.24) is 0 Å². The largest absolute Gasteiger partial charge is 0.310 e. The van der Waals surface area contributed by atoms with Gasteiger partial charge in [-0.25, -0.2) is 0 Å². The van der Waals surface area contributed by atoms with Gasteiger partial charge in [0.15, 0.2) is 0 Å². The molecule has 10 aromatic rings. The Morgan fingerprint density at radius 2 is 0.709 bits per heavy atom. The molecule has 0 saturated heterocycles. The van der Waals surface area contributed by atoms with Crippen LogP contribution in [0, 0.1) is 0 Å². The molecule has 0 aromatic heterocycles. The fraction of sp³-hybridized carbons (Fsp3) is 0. The van der Waals surface area contributed by atoms with Crippen LogP contribution in [0.15, 0.2) is 224 Å². The van der Waals surface area contributed by atoms with E-state index in [9.17, 15) is 0 Å². The molecule has 0 N–H and O–H groups in total. The zero-order valence-corrected chi connectivity index (χ0v) is 30.3. The first-order chi connectivity index (χ1) is 27.3. The second-order valence-corrected chi connectivity index (χ2v) is 14.1. The summed E-state index contributed by atoms with van der Waals surface area (Å²) < 4.78 is 0. The monoisotopic (exact) mass is 699 g/mol. The van der Waals surface area contributed by atoms with Gasteiger partial charge in [0, 0.05) is 16.8 Å². The quantitative estimate of drug-likeness (QED) is 0.160. The van der Waals surface area contributed by atoms with E-state index in [1.165, 1.54) is 76.8 Å². The van der Waals surface area contributed by atoms with Crippen LogP contribution in [-0.2, 0) is 0 Å². The molecule has 0 fully saturated rings. The summed E-state index contributed by atoms with van der Waals surface area (Å²) in [5, 5.41) is 7.42. The highest BCUT2D eigenvalue weighted by molar-refractivity contribution is 6.10. The second-order valence-electron chi connectivity index (χ2n) is 14.1. The summed E-state index contributed by atoms with van der Waals surface area (Å²) >= 11 is 0. The van der Waals surface area contributed by atoms with Crippen molar-refractivity contribution in [2.75, 3.05) is 4.90 Å². The number of benzene rings is 10. The van der Waals surface area contributed by atoms with Crippen LogP contribution in [0.25, 0.3) is 76.8 Å². The summed E-state index contributed by atoms with van der Waals surface area (Å²) in [6.45, 7) is 0. The normalized spacial score (nSPS) is 11.3. The third kappa shape index (κ3) is 6.02. The molecule has 0 unspecified atom stereocenters. The number of nitrogens with zero attached hydrogens (tertiary/aromatic N) is 1. The van der Waals surface area contributed by atoms with Crippen molar-refractivity contribution in [3.05, 3.63) is 224 Å². The van der Waals surface area contributed by atoms with E-state index < -0.39 is 0 Å². The summed E-state index contributed by atoms with van der Waals surface area (Å²) in [7, 11) is 0. The lowest BCUT2D eigenvalue weighted by molar-refractivity contribution is 1.30. The Kier molecular flexibility index (Phi) is 8.24. The van der Waals surface area contributed by atoms with Crippen molar-refractivity contribution < 1.29 is 0 Å². The third-order valence-corrected chi connectivity index (χ3v) is 10.9. The maximum atomic E-state index is 2.41. The van der Waals surface area contributed by atoms with Gasteiger partial charge in [-0.2, -0.15) is 0 Å². The van der Waals surface area contributed by atoms with Crippen LogP contribution < -0.4 is 4.90 Å². The molecule has 0 bridgehead atoms. The Labute approximate surface area is 322 Å². The zero-order chi connectivity index (χ0) is 36.6. The van der Waals surface area contributed by atoms with Gasteiger partial charge in [0.2, 0.25) is 0 Å². The first-order valence-electron chi connectivity index (χ1n) is 18.9. The van der Waals surface area contributed by atoms with Gasteiger partial charge >= 0.3 is 0 Å². The molecule has 0 amide bonds. The first kappa shape index (κ1) is 32.4. The summed E-state index contributed by atoms with van der Waals surface area (Å²) in [6, 6.07) is 81.4. The van der Waals surface area contributed by atoms with Crippen LogP contribution in [0.5, 0.6) is 0 Å². The summed E-state index contributed by atoms with van der Waals surface area (Å²) in [4.78, 5) is 2.41. The Bertz CT molecular complexity index is 2940. The van der Waals surface area contributed by atoms with E-state index in [4.69, 9.17) is 0 Å². The van der Waals surface area contributed by atoms with Crippen molar-refractivity contribution in [2.45, 2.75) is 0 Å². The second kappa shape index (κ2) is 14.0. The minimum atomic E-state index is 1.10. The van der Waals surface area contributed by atoms with Crippen LogP contribution in [0.4, 0.5) is 17.1 Å². The summed E-state index contributed by atoms with van der Waals surface area (Å²) in [5.74, 6) is 0. The number of hydrogen-bond donors (Lipinski definition) is 0. The molecule has 0 spiro atoms. The molecule has 0 heterocycles. The number of rotatable bonds is 7. The van der Waals surface area contributed by atoms with Crippen LogP contribution in [-0.4, -0.2) is 0 Å². The van der Waals surface area contributed by atoms with E-state index in [1.54, 1.807) is 0 Å². The molecule has 10 aromatic carbocycles. The number of hydrogen-bond acceptors (Lipinski definition) is 1. The van der Waals surface area contributed by atoms with Crippen LogP contribution >= 0.6 is 0 Å². The molecule has 0 aliphatic heterocycles.